The van der Waals surface area contributed by atoms with E-state index in [1.807, 2.05) is 42.7 Å². The predicted octanol–water partition coefficient (Wildman–Crippen LogP) is 4.48. The first-order valence-electron chi connectivity index (χ1n) is 8.95. The minimum atomic E-state index is -0.911. The van der Waals surface area contributed by atoms with Crippen molar-refractivity contribution < 1.29 is 23.1 Å². The Balaban J connectivity index is 1.71. The molecule has 0 saturated carbocycles. The molecule has 0 aliphatic rings. The number of rotatable bonds is 5. The third-order valence-corrected chi connectivity index (χ3v) is 4.50. The van der Waals surface area contributed by atoms with Crippen molar-refractivity contribution in [3.8, 4) is 5.69 Å². The lowest BCUT2D eigenvalue weighted by Gasteiger charge is -2.10. The molecule has 0 saturated heterocycles. The van der Waals surface area contributed by atoms with Gasteiger partial charge in [-0.05, 0) is 51.1 Å². The average Bonchev–Trinajstić information content (AvgIpc) is 2.98. The van der Waals surface area contributed by atoms with E-state index in [2.05, 4.69) is 5.32 Å². The standard InChI is InChI=1S/C22H20F2N2O3/c1-13-7-9-16(10-8-13)26-14(2)11-17(15(26)3)22(28)29-12-20(27)25-21-18(23)5-4-6-19(21)24/h4-11H,12H2,1-3H3,(H,25,27). The molecule has 1 N–H and O–H groups in total. The monoisotopic (exact) mass is 398 g/mol. The van der Waals surface area contributed by atoms with Gasteiger partial charge in [-0.2, -0.15) is 0 Å². The van der Waals surface area contributed by atoms with Crippen LogP contribution in [0.15, 0.2) is 48.5 Å². The molecule has 1 amide bonds. The molecule has 3 rings (SSSR count). The zero-order valence-corrected chi connectivity index (χ0v) is 16.3. The van der Waals surface area contributed by atoms with Crippen LogP contribution < -0.4 is 5.32 Å². The van der Waals surface area contributed by atoms with Crippen molar-refractivity contribution in [1.29, 1.82) is 0 Å². The molecule has 0 unspecified atom stereocenters. The van der Waals surface area contributed by atoms with Crippen LogP contribution in [0.1, 0.15) is 27.3 Å². The van der Waals surface area contributed by atoms with Gasteiger partial charge in [-0.15, -0.1) is 0 Å². The molecule has 0 bridgehead atoms. The number of anilines is 1. The summed E-state index contributed by atoms with van der Waals surface area (Å²) >= 11 is 0. The molecule has 0 atom stereocenters. The normalized spacial score (nSPS) is 10.7. The number of carbonyl (C=O) groups excluding carboxylic acids is 2. The minimum absolute atomic E-state index is 0.313. The van der Waals surface area contributed by atoms with Crippen molar-refractivity contribution in [2.75, 3.05) is 11.9 Å². The highest BCUT2D eigenvalue weighted by molar-refractivity contribution is 5.96. The Hall–Kier alpha value is -3.48. The van der Waals surface area contributed by atoms with E-state index >= 15 is 0 Å². The van der Waals surface area contributed by atoms with Gasteiger partial charge in [0.05, 0.1) is 5.56 Å². The largest absolute Gasteiger partial charge is 0.452 e. The van der Waals surface area contributed by atoms with Gasteiger partial charge in [0.25, 0.3) is 5.91 Å². The number of benzene rings is 2. The predicted molar refractivity (Wildman–Crippen MR) is 105 cm³/mol. The van der Waals surface area contributed by atoms with Crippen molar-refractivity contribution in [2.24, 2.45) is 0 Å². The fourth-order valence-corrected chi connectivity index (χ4v) is 3.06. The van der Waals surface area contributed by atoms with Gasteiger partial charge >= 0.3 is 5.97 Å². The average molecular weight is 398 g/mol. The Morgan fingerprint density at radius 1 is 1.00 bits per heavy atom. The van der Waals surface area contributed by atoms with Gasteiger partial charge in [0.15, 0.2) is 6.61 Å². The summed E-state index contributed by atoms with van der Waals surface area (Å²) in [6.07, 6.45) is 0. The van der Waals surface area contributed by atoms with E-state index in [1.54, 1.807) is 13.0 Å². The first-order valence-corrected chi connectivity index (χ1v) is 8.95. The summed E-state index contributed by atoms with van der Waals surface area (Å²) in [4.78, 5) is 24.4. The van der Waals surface area contributed by atoms with Gasteiger partial charge in [-0.1, -0.05) is 23.8 Å². The molecule has 2 aromatic carbocycles. The molecular weight excluding hydrogens is 378 g/mol. The Labute approximate surface area is 166 Å². The third kappa shape index (κ3) is 4.34. The lowest BCUT2D eigenvalue weighted by atomic mass is 10.2. The number of nitrogens with one attached hydrogen (secondary N) is 1. The smallest absolute Gasteiger partial charge is 0.340 e. The number of hydrogen-bond acceptors (Lipinski definition) is 3. The number of aromatic nitrogens is 1. The summed E-state index contributed by atoms with van der Waals surface area (Å²) in [7, 11) is 0. The van der Waals surface area contributed by atoms with E-state index in [1.165, 1.54) is 6.07 Å². The second kappa shape index (κ2) is 8.26. The van der Waals surface area contributed by atoms with Crippen molar-refractivity contribution >= 4 is 17.6 Å². The minimum Gasteiger partial charge on any atom is -0.452 e. The molecule has 150 valence electrons. The molecule has 7 heteroatoms. The van der Waals surface area contributed by atoms with E-state index < -0.39 is 35.8 Å². The maximum absolute atomic E-state index is 13.6. The molecule has 0 fully saturated rings. The molecule has 5 nitrogen and oxygen atoms in total. The Morgan fingerprint density at radius 3 is 2.24 bits per heavy atom. The van der Waals surface area contributed by atoms with Crippen LogP contribution in [-0.2, 0) is 9.53 Å². The number of ether oxygens (including phenoxy) is 1. The number of hydrogen-bond donors (Lipinski definition) is 1. The fraction of sp³-hybridized carbons (Fsp3) is 0.182. The lowest BCUT2D eigenvalue weighted by molar-refractivity contribution is -0.119. The van der Waals surface area contributed by atoms with Crippen LogP contribution in [0.2, 0.25) is 0 Å². The number of amides is 1. The van der Waals surface area contributed by atoms with Crippen molar-refractivity contribution in [2.45, 2.75) is 20.8 Å². The van der Waals surface area contributed by atoms with E-state index in [9.17, 15) is 18.4 Å². The van der Waals surface area contributed by atoms with Crippen molar-refractivity contribution in [3.63, 3.8) is 0 Å². The quantitative estimate of drug-likeness (QED) is 0.645. The summed E-state index contributed by atoms with van der Waals surface area (Å²) in [6, 6.07) is 12.7. The number of para-hydroxylation sites is 1. The highest BCUT2D eigenvalue weighted by Gasteiger charge is 2.19. The lowest BCUT2D eigenvalue weighted by Crippen LogP contribution is -2.22. The summed E-state index contributed by atoms with van der Waals surface area (Å²) in [5, 5.41) is 2.08. The summed E-state index contributed by atoms with van der Waals surface area (Å²) in [5.41, 5.74) is 3.25. The molecule has 3 aromatic rings. The SMILES string of the molecule is Cc1ccc(-n2c(C)cc(C(=O)OCC(=O)Nc3c(F)cccc3F)c2C)cc1. The number of aryl methyl sites for hydroxylation is 2. The maximum Gasteiger partial charge on any atom is 0.340 e. The van der Waals surface area contributed by atoms with Gasteiger partial charge in [0.2, 0.25) is 0 Å². The zero-order chi connectivity index (χ0) is 21.1. The van der Waals surface area contributed by atoms with Crippen LogP contribution in [0.5, 0.6) is 0 Å². The van der Waals surface area contributed by atoms with Crippen LogP contribution >= 0.6 is 0 Å². The highest BCUT2D eigenvalue weighted by Crippen LogP contribution is 2.22. The second-order valence-electron chi connectivity index (χ2n) is 6.68. The molecule has 0 aliphatic carbocycles. The third-order valence-electron chi connectivity index (χ3n) is 4.50. The van der Waals surface area contributed by atoms with E-state index in [0.29, 0.717) is 11.3 Å². The van der Waals surface area contributed by atoms with Crippen molar-refractivity contribution in [3.05, 3.63) is 82.7 Å². The van der Waals surface area contributed by atoms with Crippen LogP contribution in [0.3, 0.4) is 0 Å². The molecular formula is C22H20F2N2O3. The molecule has 29 heavy (non-hydrogen) atoms. The Bertz CT molecular complexity index is 1050. The Kier molecular flexibility index (Phi) is 5.77. The van der Waals surface area contributed by atoms with Gasteiger partial charge < -0.3 is 14.6 Å². The van der Waals surface area contributed by atoms with E-state index in [-0.39, 0.29) is 0 Å². The molecule has 0 spiro atoms. The van der Waals surface area contributed by atoms with Gasteiger partial charge in [0.1, 0.15) is 17.3 Å². The van der Waals surface area contributed by atoms with Gasteiger partial charge in [0, 0.05) is 17.1 Å². The van der Waals surface area contributed by atoms with Crippen LogP contribution in [-0.4, -0.2) is 23.1 Å². The topological polar surface area (TPSA) is 60.3 Å². The molecule has 1 heterocycles. The summed E-state index contributed by atoms with van der Waals surface area (Å²) in [5.74, 6) is -3.35. The van der Waals surface area contributed by atoms with Gasteiger partial charge in [-0.25, -0.2) is 13.6 Å². The number of halogens is 2. The van der Waals surface area contributed by atoms with Crippen LogP contribution in [0.25, 0.3) is 5.69 Å². The van der Waals surface area contributed by atoms with Crippen LogP contribution in [0, 0.1) is 32.4 Å². The van der Waals surface area contributed by atoms with Crippen molar-refractivity contribution in [1.82, 2.24) is 4.57 Å². The van der Waals surface area contributed by atoms with E-state index in [0.717, 1.165) is 29.1 Å². The zero-order valence-electron chi connectivity index (χ0n) is 16.3. The number of esters is 1. The molecule has 1 aromatic heterocycles. The summed E-state index contributed by atoms with van der Waals surface area (Å²) < 4.78 is 34.1. The highest BCUT2D eigenvalue weighted by atomic mass is 19.1. The van der Waals surface area contributed by atoms with Crippen LogP contribution in [0.4, 0.5) is 14.5 Å². The Morgan fingerprint density at radius 2 is 1.62 bits per heavy atom. The summed E-state index contributed by atoms with van der Waals surface area (Å²) in [6.45, 7) is 4.95. The fourth-order valence-electron chi connectivity index (χ4n) is 3.06. The second-order valence-corrected chi connectivity index (χ2v) is 6.68. The molecule has 0 radical (unpaired) electrons. The van der Waals surface area contributed by atoms with E-state index in [4.69, 9.17) is 4.74 Å². The first kappa shape index (κ1) is 20.3. The maximum atomic E-state index is 13.6. The van der Waals surface area contributed by atoms with Gasteiger partial charge in [-0.3, -0.25) is 4.79 Å². The molecule has 0 aliphatic heterocycles. The number of nitrogens with zero attached hydrogens (tertiary/aromatic N) is 1. The first-order chi connectivity index (χ1) is 13.8. The number of carbonyl (C=O) groups is 2.